The van der Waals surface area contributed by atoms with Crippen LogP contribution in [0.5, 0.6) is 0 Å². The van der Waals surface area contributed by atoms with Gasteiger partial charge in [0.2, 0.25) is 5.91 Å². The Morgan fingerprint density at radius 3 is 2.52 bits per heavy atom. The molecule has 3 rings (SSSR count). The monoisotopic (exact) mass is 343 g/mol. The van der Waals surface area contributed by atoms with Crippen molar-refractivity contribution in [2.24, 2.45) is 5.92 Å². The van der Waals surface area contributed by atoms with Gasteiger partial charge in [-0.15, -0.1) is 0 Å². The van der Waals surface area contributed by atoms with E-state index in [0.717, 1.165) is 36.5 Å². The Labute approximate surface area is 148 Å². The van der Waals surface area contributed by atoms with Gasteiger partial charge in [0.1, 0.15) is 0 Å². The van der Waals surface area contributed by atoms with Crippen LogP contribution >= 0.6 is 0 Å². The molecule has 1 N–H and O–H groups in total. The molecule has 4 amide bonds. The highest BCUT2D eigenvalue weighted by Crippen LogP contribution is 2.27. The van der Waals surface area contributed by atoms with Gasteiger partial charge in [0.05, 0.1) is 13.1 Å². The van der Waals surface area contributed by atoms with Crippen molar-refractivity contribution in [2.75, 3.05) is 13.6 Å². The molecule has 1 aliphatic carbocycles. The first kappa shape index (κ1) is 17.5. The van der Waals surface area contributed by atoms with E-state index in [4.69, 9.17) is 0 Å². The summed E-state index contributed by atoms with van der Waals surface area (Å²) >= 11 is 0. The third-order valence-corrected chi connectivity index (χ3v) is 5.37. The molecule has 1 saturated heterocycles. The van der Waals surface area contributed by atoms with Gasteiger partial charge in [-0.25, -0.2) is 4.79 Å². The van der Waals surface area contributed by atoms with Crippen molar-refractivity contribution >= 4 is 17.8 Å². The molecular weight excluding hydrogens is 318 g/mol. The molecule has 6 heteroatoms. The van der Waals surface area contributed by atoms with Gasteiger partial charge in [-0.3, -0.25) is 14.5 Å². The number of nitrogens with one attached hydrogen (secondary N) is 1. The summed E-state index contributed by atoms with van der Waals surface area (Å²) < 4.78 is 0. The Hall–Kier alpha value is -2.37. The first-order valence-electron chi connectivity index (χ1n) is 8.90. The standard InChI is InChI=1S/C19H25N3O3/c1-13-7-9-15(10-8-13)21(2)18(24)16-6-4-3-5-14(16)12-22-17(23)11-20-19(22)25/h3-6,13,15H,7-12H2,1-2H3,(H,20,25). The van der Waals surface area contributed by atoms with Gasteiger partial charge < -0.3 is 10.2 Å². The van der Waals surface area contributed by atoms with E-state index in [2.05, 4.69) is 12.2 Å². The molecule has 25 heavy (non-hydrogen) atoms. The van der Waals surface area contributed by atoms with Crippen LogP contribution in [0.1, 0.15) is 48.5 Å². The SMILES string of the molecule is CC1CCC(N(C)C(=O)c2ccccc2CN2C(=O)CNC2=O)CC1. The van der Waals surface area contributed by atoms with Gasteiger partial charge in [-0.05, 0) is 43.2 Å². The molecule has 1 heterocycles. The number of imide groups is 1. The van der Waals surface area contributed by atoms with E-state index in [1.165, 1.54) is 0 Å². The highest BCUT2D eigenvalue weighted by atomic mass is 16.2. The first-order valence-corrected chi connectivity index (χ1v) is 8.90. The summed E-state index contributed by atoms with van der Waals surface area (Å²) in [7, 11) is 1.85. The van der Waals surface area contributed by atoms with E-state index in [9.17, 15) is 14.4 Å². The van der Waals surface area contributed by atoms with Crippen LogP contribution in [0.15, 0.2) is 24.3 Å². The number of amides is 4. The van der Waals surface area contributed by atoms with Crippen LogP contribution in [0.25, 0.3) is 0 Å². The summed E-state index contributed by atoms with van der Waals surface area (Å²) in [6.45, 7) is 2.41. The van der Waals surface area contributed by atoms with E-state index in [1.54, 1.807) is 6.07 Å². The van der Waals surface area contributed by atoms with E-state index < -0.39 is 6.03 Å². The number of benzene rings is 1. The first-order chi connectivity index (χ1) is 12.0. The fraction of sp³-hybridized carbons (Fsp3) is 0.526. The number of hydrogen-bond acceptors (Lipinski definition) is 3. The Balaban J connectivity index is 1.76. The minimum absolute atomic E-state index is 0.0229. The number of rotatable bonds is 4. The van der Waals surface area contributed by atoms with Gasteiger partial charge in [-0.1, -0.05) is 25.1 Å². The number of nitrogens with zero attached hydrogens (tertiary/aromatic N) is 2. The zero-order chi connectivity index (χ0) is 18.0. The third-order valence-electron chi connectivity index (χ3n) is 5.37. The Kier molecular flexibility index (Phi) is 5.06. The van der Waals surface area contributed by atoms with Crippen molar-refractivity contribution < 1.29 is 14.4 Å². The van der Waals surface area contributed by atoms with Crippen molar-refractivity contribution in [3.05, 3.63) is 35.4 Å². The minimum atomic E-state index is -0.401. The van der Waals surface area contributed by atoms with Gasteiger partial charge >= 0.3 is 6.03 Å². The maximum Gasteiger partial charge on any atom is 0.324 e. The summed E-state index contributed by atoms with van der Waals surface area (Å²) in [4.78, 5) is 39.6. The quantitative estimate of drug-likeness (QED) is 0.854. The molecule has 2 aliphatic rings. The third kappa shape index (κ3) is 3.67. The fourth-order valence-corrected chi connectivity index (χ4v) is 3.64. The summed E-state index contributed by atoms with van der Waals surface area (Å²) in [5, 5.41) is 2.51. The van der Waals surface area contributed by atoms with Crippen LogP contribution in [-0.4, -0.2) is 47.3 Å². The van der Waals surface area contributed by atoms with Gasteiger partial charge in [0.15, 0.2) is 0 Å². The second kappa shape index (κ2) is 7.25. The molecule has 2 fully saturated rings. The zero-order valence-corrected chi connectivity index (χ0v) is 14.8. The van der Waals surface area contributed by atoms with E-state index in [-0.39, 0.29) is 30.9 Å². The lowest BCUT2D eigenvalue weighted by Gasteiger charge is -2.34. The fourth-order valence-electron chi connectivity index (χ4n) is 3.64. The molecule has 1 aromatic rings. The molecule has 0 radical (unpaired) electrons. The molecule has 0 bridgehead atoms. The lowest BCUT2D eigenvalue weighted by atomic mass is 9.86. The molecule has 1 aromatic carbocycles. The molecule has 1 saturated carbocycles. The summed E-state index contributed by atoms with van der Waals surface area (Å²) in [5.74, 6) is 0.427. The van der Waals surface area contributed by atoms with Crippen LogP contribution in [0, 0.1) is 5.92 Å². The van der Waals surface area contributed by atoms with E-state index >= 15 is 0 Å². The Morgan fingerprint density at radius 1 is 1.20 bits per heavy atom. The van der Waals surface area contributed by atoms with Crippen molar-refractivity contribution in [3.63, 3.8) is 0 Å². The molecule has 134 valence electrons. The van der Waals surface area contributed by atoms with Crippen molar-refractivity contribution in [1.82, 2.24) is 15.1 Å². The number of urea groups is 1. The van der Waals surface area contributed by atoms with Gasteiger partial charge in [-0.2, -0.15) is 0 Å². The molecule has 0 spiro atoms. The minimum Gasteiger partial charge on any atom is -0.339 e. The summed E-state index contributed by atoms with van der Waals surface area (Å²) in [6.07, 6.45) is 4.34. The Morgan fingerprint density at radius 2 is 1.88 bits per heavy atom. The van der Waals surface area contributed by atoms with Crippen molar-refractivity contribution in [3.8, 4) is 0 Å². The number of hydrogen-bond donors (Lipinski definition) is 1. The number of carbonyl (C=O) groups is 3. The lowest BCUT2D eigenvalue weighted by molar-refractivity contribution is -0.125. The molecule has 0 atom stereocenters. The average Bonchev–Trinajstić information content (AvgIpc) is 2.93. The van der Waals surface area contributed by atoms with E-state index in [0.29, 0.717) is 11.1 Å². The maximum absolute atomic E-state index is 13.0. The summed E-state index contributed by atoms with van der Waals surface area (Å²) in [6, 6.07) is 7.09. The van der Waals surface area contributed by atoms with E-state index in [1.807, 2.05) is 30.1 Å². The predicted octanol–water partition coefficient (Wildman–Crippen LogP) is 2.39. The van der Waals surface area contributed by atoms with Crippen molar-refractivity contribution in [1.29, 1.82) is 0 Å². The van der Waals surface area contributed by atoms with Gasteiger partial charge in [0.25, 0.3) is 5.91 Å². The smallest absolute Gasteiger partial charge is 0.324 e. The highest BCUT2D eigenvalue weighted by molar-refractivity contribution is 6.02. The van der Waals surface area contributed by atoms with Crippen LogP contribution in [0.3, 0.4) is 0 Å². The largest absolute Gasteiger partial charge is 0.339 e. The molecule has 6 nitrogen and oxygen atoms in total. The van der Waals surface area contributed by atoms with Crippen LogP contribution in [0.2, 0.25) is 0 Å². The predicted molar refractivity (Wildman–Crippen MR) is 93.9 cm³/mol. The Bertz CT molecular complexity index is 664. The average molecular weight is 343 g/mol. The van der Waals surface area contributed by atoms with Crippen molar-refractivity contribution in [2.45, 2.75) is 45.2 Å². The maximum atomic E-state index is 13.0. The van der Waals surface area contributed by atoms with Crippen LogP contribution in [-0.2, 0) is 11.3 Å². The molecule has 0 unspecified atom stereocenters. The molecular formula is C19H25N3O3. The summed E-state index contributed by atoms with van der Waals surface area (Å²) in [5.41, 5.74) is 1.27. The number of carbonyl (C=O) groups excluding carboxylic acids is 3. The topological polar surface area (TPSA) is 69.7 Å². The molecule has 0 aromatic heterocycles. The molecule has 1 aliphatic heterocycles. The van der Waals surface area contributed by atoms with Crippen LogP contribution < -0.4 is 5.32 Å². The second-order valence-corrected chi connectivity index (χ2v) is 7.13. The second-order valence-electron chi connectivity index (χ2n) is 7.13. The highest BCUT2D eigenvalue weighted by Gasteiger charge is 2.31. The van der Waals surface area contributed by atoms with Gasteiger partial charge in [0, 0.05) is 18.7 Å². The van der Waals surface area contributed by atoms with Crippen LogP contribution in [0.4, 0.5) is 4.79 Å². The normalized spacial score (nSPS) is 23.5. The lowest BCUT2D eigenvalue weighted by Crippen LogP contribution is -2.40. The zero-order valence-electron chi connectivity index (χ0n) is 14.8.